The third-order valence-corrected chi connectivity index (χ3v) is 6.77. The molecular weight excluding hydrogens is 380 g/mol. The van der Waals surface area contributed by atoms with Gasteiger partial charge < -0.3 is 9.47 Å². The van der Waals surface area contributed by atoms with E-state index in [0.717, 1.165) is 19.5 Å². The molecule has 1 amide bonds. The van der Waals surface area contributed by atoms with E-state index in [-0.39, 0.29) is 0 Å². The molecule has 0 bridgehead atoms. The smallest absolute Gasteiger partial charge is 0.223 e. The number of amides is 1. The molecule has 0 aliphatic heterocycles. The van der Waals surface area contributed by atoms with Gasteiger partial charge >= 0.3 is 0 Å². The summed E-state index contributed by atoms with van der Waals surface area (Å²) in [7, 11) is 0. The first-order valence-corrected chi connectivity index (χ1v) is 12.7. The molecule has 0 radical (unpaired) electrons. The predicted octanol–water partition coefficient (Wildman–Crippen LogP) is 7.26. The molecule has 0 unspecified atom stereocenters. The van der Waals surface area contributed by atoms with Crippen molar-refractivity contribution < 1.29 is 4.79 Å². The molecule has 3 nitrogen and oxygen atoms in total. The largest absolute Gasteiger partial charge is 0.345 e. The first kappa shape index (κ1) is 23.6. The normalized spacial score (nSPS) is 14.6. The molecule has 1 aliphatic carbocycles. The Hall–Kier alpha value is -2.03. The Bertz CT molecular complexity index is 788. The van der Waals surface area contributed by atoms with E-state index >= 15 is 0 Å². The zero-order valence-electron chi connectivity index (χ0n) is 19.8. The van der Waals surface area contributed by atoms with Gasteiger partial charge in [0.05, 0.1) is 6.54 Å². The lowest BCUT2D eigenvalue weighted by Crippen LogP contribution is -2.41. The fourth-order valence-electron chi connectivity index (χ4n) is 4.94. The molecule has 1 aliphatic rings. The SMILES string of the molecule is CCCCCCCCC(=O)N(Cc1cccn1Cc1cccc(C)c1)C1CCCCC1. The summed E-state index contributed by atoms with van der Waals surface area (Å²) in [4.78, 5) is 15.5. The molecule has 0 atom stereocenters. The van der Waals surface area contributed by atoms with E-state index < -0.39 is 0 Å². The van der Waals surface area contributed by atoms with Gasteiger partial charge in [-0.1, -0.05) is 88.1 Å². The summed E-state index contributed by atoms with van der Waals surface area (Å²) in [5, 5.41) is 0. The molecule has 0 spiro atoms. The number of aromatic nitrogens is 1. The van der Waals surface area contributed by atoms with Crippen LogP contribution in [0.25, 0.3) is 0 Å². The number of carbonyl (C=O) groups excluding carboxylic acids is 1. The minimum atomic E-state index is 0.366. The number of aryl methyl sites for hydroxylation is 1. The lowest BCUT2D eigenvalue weighted by Gasteiger charge is -2.35. The van der Waals surface area contributed by atoms with Crippen LogP contribution in [0.1, 0.15) is 101 Å². The highest BCUT2D eigenvalue weighted by Gasteiger charge is 2.26. The number of unbranched alkanes of at least 4 members (excludes halogenated alkanes) is 5. The van der Waals surface area contributed by atoms with Gasteiger partial charge in [0, 0.05) is 30.9 Å². The van der Waals surface area contributed by atoms with Crippen LogP contribution >= 0.6 is 0 Å². The maximum atomic E-state index is 13.3. The fourth-order valence-corrected chi connectivity index (χ4v) is 4.94. The lowest BCUT2D eigenvalue weighted by atomic mass is 9.93. The van der Waals surface area contributed by atoms with Crippen LogP contribution in [0.4, 0.5) is 0 Å². The average molecular weight is 423 g/mol. The van der Waals surface area contributed by atoms with Crippen molar-refractivity contribution in [2.45, 2.75) is 110 Å². The number of carbonyl (C=O) groups is 1. The first-order chi connectivity index (χ1) is 15.2. The number of benzene rings is 1. The Morgan fingerprint density at radius 2 is 1.77 bits per heavy atom. The molecule has 1 aromatic carbocycles. The van der Waals surface area contributed by atoms with Gasteiger partial charge in [-0.2, -0.15) is 0 Å². The number of rotatable bonds is 12. The van der Waals surface area contributed by atoms with Gasteiger partial charge in [0.1, 0.15) is 0 Å². The van der Waals surface area contributed by atoms with Crippen LogP contribution in [0.5, 0.6) is 0 Å². The Morgan fingerprint density at radius 3 is 2.55 bits per heavy atom. The summed E-state index contributed by atoms with van der Waals surface area (Å²) >= 11 is 0. The van der Waals surface area contributed by atoms with E-state index in [2.05, 4.69) is 65.9 Å². The number of hydrogen-bond donors (Lipinski definition) is 0. The molecular formula is C28H42N2O. The molecule has 1 saturated carbocycles. The van der Waals surface area contributed by atoms with Gasteiger partial charge in [-0.25, -0.2) is 0 Å². The molecule has 1 aromatic heterocycles. The summed E-state index contributed by atoms with van der Waals surface area (Å²) in [6.07, 6.45) is 16.4. The van der Waals surface area contributed by atoms with Crippen molar-refractivity contribution in [3.05, 3.63) is 59.4 Å². The Balaban J connectivity index is 1.63. The van der Waals surface area contributed by atoms with E-state index in [1.165, 1.54) is 81.0 Å². The van der Waals surface area contributed by atoms with Crippen molar-refractivity contribution >= 4 is 5.91 Å². The van der Waals surface area contributed by atoms with Gasteiger partial charge in [0.2, 0.25) is 5.91 Å². The molecule has 0 N–H and O–H groups in total. The van der Waals surface area contributed by atoms with Crippen LogP contribution in [-0.2, 0) is 17.9 Å². The van der Waals surface area contributed by atoms with Gasteiger partial charge in [-0.3, -0.25) is 4.79 Å². The topological polar surface area (TPSA) is 25.2 Å². The summed E-state index contributed by atoms with van der Waals surface area (Å²) < 4.78 is 2.32. The Labute approximate surface area is 189 Å². The zero-order valence-corrected chi connectivity index (χ0v) is 19.8. The van der Waals surface area contributed by atoms with E-state index in [1.54, 1.807) is 0 Å². The molecule has 170 valence electrons. The average Bonchev–Trinajstić information content (AvgIpc) is 3.21. The Kier molecular flexibility index (Phi) is 9.71. The predicted molar refractivity (Wildman–Crippen MR) is 130 cm³/mol. The Morgan fingerprint density at radius 1 is 1.00 bits per heavy atom. The van der Waals surface area contributed by atoms with Crippen molar-refractivity contribution in [3.8, 4) is 0 Å². The van der Waals surface area contributed by atoms with Gasteiger partial charge in [0.15, 0.2) is 0 Å². The summed E-state index contributed by atoms with van der Waals surface area (Å²) in [6, 6.07) is 13.5. The minimum absolute atomic E-state index is 0.366. The van der Waals surface area contributed by atoms with Crippen molar-refractivity contribution in [1.82, 2.24) is 9.47 Å². The quantitative estimate of drug-likeness (QED) is 0.330. The fraction of sp³-hybridized carbons (Fsp3) is 0.607. The first-order valence-electron chi connectivity index (χ1n) is 12.7. The van der Waals surface area contributed by atoms with Crippen LogP contribution in [-0.4, -0.2) is 21.4 Å². The number of hydrogen-bond acceptors (Lipinski definition) is 1. The molecule has 1 fully saturated rings. The third-order valence-electron chi connectivity index (χ3n) is 6.77. The zero-order chi connectivity index (χ0) is 21.9. The molecule has 0 saturated heterocycles. The van der Waals surface area contributed by atoms with Crippen LogP contribution in [0.2, 0.25) is 0 Å². The second kappa shape index (κ2) is 12.7. The molecule has 2 aromatic rings. The van der Waals surface area contributed by atoms with Crippen LogP contribution in [0, 0.1) is 6.92 Å². The monoisotopic (exact) mass is 422 g/mol. The van der Waals surface area contributed by atoms with E-state index in [9.17, 15) is 4.79 Å². The van der Waals surface area contributed by atoms with E-state index in [0.29, 0.717) is 18.4 Å². The van der Waals surface area contributed by atoms with Crippen molar-refractivity contribution in [1.29, 1.82) is 0 Å². The van der Waals surface area contributed by atoms with E-state index in [1.807, 2.05) is 0 Å². The molecule has 1 heterocycles. The van der Waals surface area contributed by atoms with Crippen molar-refractivity contribution in [3.63, 3.8) is 0 Å². The summed E-state index contributed by atoms with van der Waals surface area (Å²) in [5.41, 5.74) is 3.87. The molecule has 3 rings (SSSR count). The van der Waals surface area contributed by atoms with Crippen molar-refractivity contribution in [2.24, 2.45) is 0 Å². The highest BCUT2D eigenvalue weighted by atomic mass is 16.2. The maximum Gasteiger partial charge on any atom is 0.223 e. The summed E-state index contributed by atoms with van der Waals surface area (Å²) in [5.74, 6) is 0.366. The molecule has 3 heteroatoms. The summed E-state index contributed by atoms with van der Waals surface area (Å²) in [6.45, 7) is 6.01. The van der Waals surface area contributed by atoms with Crippen molar-refractivity contribution in [2.75, 3.05) is 0 Å². The van der Waals surface area contributed by atoms with Gasteiger partial charge in [-0.05, 0) is 43.9 Å². The minimum Gasteiger partial charge on any atom is -0.345 e. The maximum absolute atomic E-state index is 13.3. The van der Waals surface area contributed by atoms with Crippen LogP contribution in [0.15, 0.2) is 42.6 Å². The highest BCUT2D eigenvalue weighted by Crippen LogP contribution is 2.26. The van der Waals surface area contributed by atoms with E-state index in [4.69, 9.17) is 0 Å². The third kappa shape index (κ3) is 7.55. The molecule has 31 heavy (non-hydrogen) atoms. The number of nitrogens with zero attached hydrogens (tertiary/aromatic N) is 2. The van der Waals surface area contributed by atoms with Crippen LogP contribution < -0.4 is 0 Å². The second-order valence-electron chi connectivity index (χ2n) is 9.45. The van der Waals surface area contributed by atoms with Gasteiger partial charge in [-0.15, -0.1) is 0 Å². The standard InChI is InChI=1S/C28H42N2O/c1-3-4-5-6-7-11-19-28(31)30(26-16-9-8-10-17-26)23-27-18-13-20-29(27)22-25-15-12-14-24(2)21-25/h12-15,18,20-21,26H,3-11,16-17,19,22-23H2,1-2H3. The second-order valence-corrected chi connectivity index (χ2v) is 9.45. The highest BCUT2D eigenvalue weighted by molar-refractivity contribution is 5.76. The lowest BCUT2D eigenvalue weighted by molar-refractivity contribution is -0.135. The van der Waals surface area contributed by atoms with Gasteiger partial charge in [0.25, 0.3) is 0 Å². The van der Waals surface area contributed by atoms with Crippen LogP contribution in [0.3, 0.4) is 0 Å².